The number of phenolic OH excluding ortho intramolecular Hbond substituents is 2. The lowest BCUT2D eigenvalue weighted by Gasteiger charge is -2.13. The highest BCUT2D eigenvalue weighted by atomic mass is 35.5. The number of aromatic hydroxyl groups is 2. The molecule has 0 aliphatic carbocycles. The summed E-state index contributed by atoms with van der Waals surface area (Å²) in [5, 5.41) is 24.0. The number of ether oxygens (including phenoxy) is 2. The number of hydrogen-bond donors (Lipinski definition) is 4. The molecule has 6 aromatic rings. The number of esters is 2. The fourth-order valence-electron chi connectivity index (χ4n) is 4.57. The lowest BCUT2D eigenvalue weighted by atomic mass is 10.1. The smallest absolute Gasteiger partial charge is 0.338 e. The summed E-state index contributed by atoms with van der Waals surface area (Å²) in [5.74, 6) is -0.293. The Morgan fingerprint density at radius 1 is 0.694 bits per heavy atom. The van der Waals surface area contributed by atoms with Gasteiger partial charge in [-0.3, -0.25) is 9.97 Å². The molecule has 6 rings (SSSR count). The van der Waals surface area contributed by atoms with E-state index in [4.69, 9.17) is 31.9 Å². The Morgan fingerprint density at radius 2 is 1.22 bits per heavy atom. The Balaban J connectivity index is 0.000000185. The number of nitrogens with one attached hydrogen (secondary N) is 1. The minimum absolute atomic E-state index is 0.189. The number of nitrogens with two attached hydrogens (primary N) is 1. The van der Waals surface area contributed by atoms with Gasteiger partial charge in [0, 0.05) is 52.4 Å². The van der Waals surface area contributed by atoms with Crippen molar-refractivity contribution in [3.8, 4) is 11.5 Å². The first kappa shape index (κ1) is 36.0. The molecule has 0 spiro atoms. The first-order valence-electron chi connectivity index (χ1n) is 15.4. The number of aryl methyl sites for hydroxylation is 2. The maximum Gasteiger partial charge on any atom is 0.338 e. The van der Waals surface area contributed by atoms with E-state index in [1.807, 2.05) is 26.0 Å². The van der Waals surface area contributed by atoms with Gasteiger partial charge in [0.25, 0.3) is 0 Å². The summed E-state index contributed by atoms with van der Waals surface area (Å²) in [5.41, 5.74) is 12.2. The van der Waals surface area contributed by atoms with E-state index in [-0.39, 0.29) is 23.4 Å². The van der Waals surface area contributed by atoms with Crippen molar-refractivity contribution in [2.45, 2.75) is 27.7 Å². The molecule has 0 fully saturated rings. The van der Waals surface area contributed by atoms with Gasteiger partial charge in [0.2, 0.25) is 0 Å². The van der Waals surface area contributed by atoms with Crippen LogP contribution in [0.5, 0.6) is 11.5 Å². The van der Waals surface area contributed by atoms with Crippen LogP contribution in [0.25, 0.3) is 21.8 Å². The summed E-state index contributed by atoms with van der Waals surface area (Å²) in [6.45, 7) is 8.09. The van der Waals surface area contributed by atoms with E-state index in [1.54, 1.807) is 93.0 Å². The number of carbonyl (C=O) groups excluding carboxylic acids is 2. The van der Waals surface area contributed by atoms with Crippen molar-refractivity contribution < 1.29 is 29.3 Å². The number of anilines is 3. The zero-order valence-electron chi connectivity index (χ0n) is 27.5. The third-order valence-corrected chi connectivity index (χ3v) is 7.54. The summed E-state index contributed by atoms with van der Waals surface area (Å²) in [7, 11) is 0. The number of nitrogens with zero attached hydrogens (tertiary/aromatic N) is 2. The number of phenols is 2. The molecule has 11 heteroatoms. The van der Waals surface area contributed by atoms with Gasteiger partial charge < -0.3 is 30.7 Å². The van der Waals surface area contributed by atoms with E-state index in [0.29, 0.717) is 35.1 Å². The molecule has 0 amide bonds. The number of halogens is 1. The molecule has 0 atom stereocenters. The lowest BCUT2D eigenvalue weighted by molar-refractivity contribution is 0.0517. The van der Waals surface area contributed by atoms with E-state index in [2.05, 4.69) is 15.3 Å². The largest absolute Gasteiger partial charge is 0.508 e. The van der Waals surface area contributed by atoms with Crippen molar-refractivity contribution in [2.75, 3.05) is 24.3 Å². The van der Waals surface area contributed by atoms with Gasteiger partial charge >= 0.3 is 11.9 Å². The normalized spacial score (nSPS) is 10.3. The molecule has 49 heavy (non-hydrogen) atoms. The highest BCUT2D eigenvalue weighted by molar-refractivity contribution is 6.35. The van der Waals surface area contributed by atoms with Gasteiger partial charge in [-0.15, -0.1) is 0 Å². The molecule has 0 unspecified atom stereocenters. The minimum atomic E-state index is -0.359. The Morgan fingerprint density at radius 3 is 1.80 bits per heavy atom. The third-order valence-electron chi connectivity index (χ3n) is 7.21. The highest BCUT2D eigenvalue weighted by Gasteiger charge is 2.11. The molecule has 0 aliphatic rings. The van der Waals surface area contributed by atoms with Crippen LogP contribution in [-0.2, 0) is 9.47 Å². The lowest BCUT2D eigenvalue weighted by Crippen LogP contribution is -2.04. The average Bonchev–Trinajstić information content (AvgIpc) is 3.09. The van der Waals surface area contributed by atoms with E-state index in [9.17, 15) is 14.7 Å². The fourth-order valence-corrected chi connectivity index (χ4v) is 4.78. The molecule has 2 heterocycles. The van der Waals surface area contributed by atoms with Crippen molar-refractivity contribution in [2.24, 2.45) is 0 Å². The fraction of sp³-hybridized carbons (Fsp3) is 0.158. The molecular formula is C38H37ClN4O6. The maximum absolute atomic E-state index is 12.0. The van der Waals surface area contributed by atoms with Crippen LogP contribution in [0.1, 0.15) is 45.7 Å². The molecule has 0 saturated carbocycles. The molecule has 0 aliphatic heterocycles. The molecule has 0 radical (unpaired) electrons. The Hall–Kier alpha value is -5.87. The molecular weight excluding hydrogens is 644 g/mol. The van der Waals surface area contributed by atoms with Crippen LogP contribution in [0.2, 0.25) is 5.02 Å². The van der Waals surface area contributed by atoms with Crippen LogP contribution in [0.4, 0.5) is 17.1 Å². The molecule has 2 aromatic heterocycles. The number of nitrogen functional groups attached to an aromatic ring is 1. The van der Waals surface area contributed by atoms with Crippen LogP contribution in [0.15, 0.2) is 97.3 Å². The molecule has 252 valence electrons. The summed E-state index contributed by atoms with van der Waals surface area (Å²) in [6, 6.07) is 24.0. The number of hydrogen-bond acceptors (Lipinski definition) is 10. The second-order valence-corrected chi connectivity index (χ2v) is 11.1. The Labute approximate surface area is 289 Å². The van der Waals surface area contributed by atoms with E-state index in [1.165, 1.54) is 6.07 Å². The zero-order valence-corrected chi connectivity index (χ0v) is 28.3. The van der Waals surface area contributed by atoms with Crippen molar-refractivity contribution >= 4 is 62.4 Å². The van der Waals surface area contributed by atoms with Crippen molar-refractivity contribution in [3.05, 3.63) is 125 Å². The molecule has 10 nitrogen and oxygen atoms in total. The second-order valence-electron chi connectivity index (χ2n) is 10.7. The van der Waals surface area contributed by atoms with Gasteiger partial charge in [-0.1, -0.05) is 23.7 Å². The first-order valence-corrected chi connectivity index (χ1v) is 15.8. The van der Waals surface area contributed by atoms with Gasteiger partial charge in [0.05, 0.1) is 40.4 Å². The number of aromatic nitrogens is 2. The first-order chi connectivity index (χ1) is 23.5. The number of fused-ring (bicyclic) bond motifs is 2. The summed E-state index contributed by atoms with van der Waals surface area (Å²) >= 11 is 6.02. The molecule has 4 aromatic carbocycles. The predicted octanol–water partition coefficient (Wildman–Crippen LogP) is 8.52. The van der Waals surface area contributed by atoms with Crippen LogP contribution in [-0.4, -0.2) is 45.3 Å². The van der Waals surface area contributed by atoms with Gasteiger partial charge in [-0.05, 0) is 99.5 Å². The predicted molar refractivity (Wildman–Crippen MR) is 194 cm³/mol. The van der Waals surface area contributed by atoms with Crippen molar-refractivity contribution in [1.29, 1.82) is 0 Å². The van der Waals surface area contributed by atoms with Crippen molar-refractivity contribution in [3.63, 3.8) is 0 Å². The summed E-state index contributed by atoms with van der Waals surface area (Å²) in [4.78, 5) is 32.0. The number of carbonyl (C=O) groups is 2. The van der Waals surface area contributed by atoms with Crippen LogP contribution < -0.4 is 11.1 Å². The molecule has 0 saturated heterocycles. The number of benzene rings is 4. The second kappa shape index (κ2) is 16.8. The SMILES string of the molecule is CCOC(=O)c1ccc2nccc(Cl)c2c1.CCOC(=O)c1ccc2nccc(Nc3cc(O)ccc3C)c2c1.Cc1ccc(O)cc1N. The standard InChI is InChI=1S/C19H18N2O3.C12H10ClNO2.C7H9NO/c1-3-24-19(23)13-5-7-16-15(10-13)17(8-9-20-16)21-18-11-14(22)6-4-12(18)2;1-2-16-12(15)8-3-4-11-9(7-8)10(13)5-6-14-11;1-5-2-3-6(9)4-7(5)8/h4-11,22H,3H2,1-2H3,(H,20,21);3-7H,2H2,1H3;2-4,9H,8H2,1H3. The van der Waals surface area contributed by atoms with Crippen LogP contribution >= 0.6 is 11.6 Å². The molecule has 5 N–H and O–H groups in total. The monoisotopic (exact) mass is 680 g/mol. The highest BCUT2D eigenvalue weighted by Crippen LogP contribution is 2.30. The van der Waals surface area contributed by atoms with Gasteiger partial charge in [0.1, 0.15) is 11.5 Å². The van der Waals surface area contributed by atoms with Crippen LogP contribution in [0, 0.1) is 13.8 Å². The van der Waals surface area contributed by atoms with Crippen LogP contribution in [0.3, 0.4) is 0 Å². The topological polar surface area (TPSA) is 157 Å². The van der Waals surface area contributed by atoms with Gasteiger partial charge in [-0.25, -0.2) is 9.59 Å². The van der Waals surface area contributed by atoms with Gasteiger partial charge in [-0.2, -0.15) is 0 Å². The Bertz CT molecular complexity index is 2100. The average molecular weight is 681 g/mol. The maximum atomic E-state index is 12.0. The minimum Gasteiger partial charge on any atom is -0.508 e. The van der Waals surface area contributed by atoms with E-state index in [0.717, 1.165) is 44.3 Å². The summed E-state index contributed by atoms with van der Waals surface area (Å²) < 4.78 is 9.97. The van der Waals surface area contributed by atoms with Gasteiger partial charge in [0.15, 0.2) is 0 Å². The quantitative estimate of drug-likeness (QED) is 0.0993. The van der Waals surface area contributed by atoms with E-state index < -0.39 is 0 Å². The van der Waals surface area contributed by atoms with E-state index >= 15 is 0 Å². The number of pyridine rings is 2. The third kappa shape index (κ3) is 9.59. The zero-order chi connectivity index (χ0) is 35.5. The number of rotatable bonds is 6. The van der Waals surface area contributed by atoms with Crippen molar-refractivity contribution in [1.82, 2.24) is 9.97 Å². The summed E-state index contributed by atoms with van der Waals surface area (Å²) in [6.07, 6.45) is 3.33. The Kier molecular flexibility index (Phi) is 12.3. The molecule has 0 bridgehead atoms.